The van der Waals surface area contributed by atoms with Crippen LogP contribution in [0.25, 0.3) is 0 Å². The van der Waals surface area contributed by atoms with E-state index < -0.39 is 0 Å². The Bertz CT molecular complexity index is 336. The van der Waals surface area contributed by atoms with Crippen LogP contribution in [0.15, 0.2) is 0 Å². The summed E-state index contributed by atoms with van der Waals surface area (Å²) in [6.07, 6.45) is 8.72. The van der Waals surface area contributed by atoms with E-state index in [0.717, 1.165) is 37.4 Å². The quantitative estimate of drug-likeness (QED) is 0.842. The Hall–Kier alpha value is -0.280. The summed E-state index contributed by atoms with van der Waals surface area (Å²) in [5, 5.41) is 3.18. The zero-order valence-corrected chi connectivity index (χ0v) is 12.4. The second kappa shape index (κ2) is 4.92. The highest BCUT2D eigenvalue weighted by molar-refractivity contribution is 5.85. The lowest BCUT2D eigenvalue weighted by atomic mass is 9.49. The molecule has 3 nitrogen and oxygen atoms in total. The van der Waals surface area contributed by atoms with Crippen molar-refractivity contribution in [3.63, 3.8) is 0 Å². The van der Waals surface area contributed by atoms with Gasteiger partial charge in [-0.3, -0.25) is 4.79 Å². The molecule has 0 aromatic carbocycles. The molecule has 4 bridgehead atoms. The number of hydrogen-bond acceptors (Lipinski definition) is 2. The van der Waals surface area contributed by atoms with Gasteiger partial charge in [-0.25, -0.2) is 0 Å². The summed E-state index contributed by atoms with van der Waals surface area (Å²) in [5.41, 5.74) is 0.516. The molecule has 4 aliphatic carbocycles. The van der Waals surface area contributed by atoms with Crippen molar-refractivity contribution in [3.8, 4) is 0 Å². The molecule has 0 aromatic heterocycles. The van der Waals surface area contributed by atoms with Crippen LogP contribution >= 0.6 is 12.4 Å². The largest absolute Gasteiger partial charge is 0.340 e. The molecule has 0 atom stereocenters. The minimum Gasteiger partial charge on any atom is -0.340 e. The van der Waals surface area contributed by atoms with E-state index in [1.165, 1.54) is 38.5 Å². The van der Waals surface area contributed by atoms with Crippen molar-refractivity contribution in [2.45, 2.75) is 38.5 Å². The maximum atomic E-state index is 12.0. The Morgan fingerprint density at radius 3 is 2.21 bits per heavy atom. The molecule has 1 heterocycles. The van der Waals surface area contributed by atoms with Crippen molar-refractivity contribution in [2.24, 2.45) is 23.2 Å². The van der Waals surface area contributed by atoms with Crippen LogP contribution in [-0.4, -0.2) is 37.0 Å². The Balaban J connectivity index is 0.00000110. The zero-order valence-electron chi connectivity index (χ0n) is 11.6. The predicted molar refractivity (Wildman–Crippen MR) is 77.3 cm³/mol. The number of hydrogen-bond donors (Lipinski definition) is 1. The van der Waals surface area contributed by atoms with Crippen molar-refractivity contribution in [3.05, 3.63) is 0 Å². The van der Waals surface area contributed by atoms with Crippen molar-refractivity contribution in [1.82, 2.24) is 10.2 Å². The molecule has 108 valence electrons. The van der Waals surface area contributed by atoms with Crippen LogP contribution in [0.5, 0.6) is 0 Å². The number of piperazine rings is 1. The van der Waals surface area contributed by atoms with E-state index in [0.29, 0.717) is 17.9 Å². The summed E-state index contributed by atoms with van der Waals surface area (Å²) >= 11 is 0. The number of amides is 1. The fourth-order valence-electron chi connectivity index (χ4n) is 5.70. The normalized spacial score (nSPS) is 44.3. The highest BCUT2D eigenvalue weighted by Gasteiger charge is 2.51. The first-order chi connectivity index (χ1) is 8.72. The maximum Gasteiger partial charge on any atom is 0.236 e. The maximum absolute atomic E-state index is 12.0. The summed E-state index contributed by atoms with van der Waals surface area (Å²) in [6, 6.07) is 0. The van der Waals surface area contributed by atoms with Crippen LogP contribution in [0.4, 0.5) is 0 Å². The van der Waals surface area contributed by atoms with Crippen LogP contribution in [0, 0.1) is 23.2 Å². The average Bonchev–Trinajstić information content (AvgIpc) is 2.30. The summed E-state index contributed by atoms with van der Waals surface area (Å²) in [5.74, 6) is 3.31. The SMILES string of the molecule is Cl.O=C1CNCCN1CC12CC3CC(CC(C3)C1)C2. The number of nitrogens with one attached hydrogen (secondary N) is 1. The van der Waals surface area contributed by atoms with E-state index in [1.807, 2.05) is 0 Å². The summed E-state index contributed by atoms with van der Waals surface area (Å²) in [7, 11) is 0. The minimum atomic E-state index is 0. The van der Waals surface area contributed by atoms with Gasteiger partial charge in [-0.05, 0) is 61.7 Å². The zero-order chi connectivity index (χ0) is 12.2. The number of halogens is 1. The molecule has 0 unspecified atom stereocenters. The van der Waals surface area contributed by atoms with Crippen LogP contribution in [0.1, 0.15) is 38.5 Å². The van der Waals surface area contributed by atoms with Crippen molar-refractivity contribution in [1.29, 1.82) is 0 Å². The molecule has 5 rings (SSSR count). The van der Waals surface area contributed by atoms with E-state index >= 15 is 0 Å². The van der Waals surface area contributed by atoms with Crippen LogP contribution in [0.2, 0.25) is 0 Å². The molecular formula is C15H25ClN2O. The van der Waals surface area contributed by atoms with Crippen molar-refractivity contribution >= 4 is 18.3 Å². The lowest BCUT2D eigenvalue weighted by Crippen LogP contribution is -2.56. The Morgan fingerprint density at radius 1 is 1.11 bits per heavy atom. The molecule has 0 radical (unpaired) electrons. The molecule has 1 amide bonds. The van der Waals surface area contributed by atoms with Gasteiger partial charge in [-0.1, -0.05) is 0 Å². The first-order valence-electron chi connectivity index (χ1n) is 7.71. The first kappa shape index (κ1) is 13.7. The van der Waals surface area contributed by atoms with E-state index in [-0.39, 0.29) is 12.4 Å². The van der Waals surface area contributed by atoms with Gasteiger partial charge in [0, 0.05) is 19.6 Å². The lowest BCUT2D eigenvalue weighted by Gasteiger charge is -2.58. The summed E-state index contributed by atoms with van der Waals surface area (Å²) in [6.45, 7) is 3.54. The average molecular weight is 285 g/mol. The summed E-state index contributed by atoms with van der Waals surface area (Å²) < 4.78 is 0. The van der Waals surface area contributed by atoms with E-state index in [4.69, 9.17) is 0 Å². The molecule has 4 saturated carbocycles. The molecule has 4 heteroatoms. The third-order valence-electron chi connectivity index (χ3n) is 5.88. The third kappa shape index (κ3) is 2.40. The Labute approximate surface area is 121 Å². The van der Waals surface area contributed by atoms with Crippen LogP contribution in [0.3, 0.4) is 0 Å². The molecule has 1 aliphatic heterocycles. The smallest absolute Gasteiger partial charge is 0.236 e. The number of rotatable bonds is 2. The van der Waals surface area contributed by atoms with Gasteiger partial charge < -0.3 is 10.2 Å². The predicted octanol–water partition coefficient (Wildman–Crippen LogP) is 2.06. The Morgan fingerprint density at radius 2 is 1.68 bits per heavy atom. The van der Waals surface area contributed by atoms with E-state index in [2.05, 4.69) is 10.2 Å². The standard InChI is InChI=1S/C15H24N2O.ClH/c18-14-9-16-1-2-17(14)10-15-6-11-3-12(7-15)5-13(4-11)8-15;/h11-13,16H,1-10H2;1H. The minimum absolute atomic E-state index is 0. The van der Waals surface area contributed by atoms with Crippen molar-refractivity contribution in [2.75, 3.05) is 26.2 Å². The molecule has 0 aromatic rings. The van der Waals surface area contributed by atoms with Gasteiger partial charge in [-0.15, -0.1) is 12.4 Å². The van der Waals surface area contributed by atoms with Crippen LogP contribution in [-0.2, 0) is 4.79 Å². The number of carbonyl (C=O) groups is 1. The van der Waals surface area contributed by atoms with Gasteiger partial charge in [0.1, 0.15) is 0 Å². The van der Waals surface area contributed by atoms with Gasteiger partial charge in [-0.2, -0.15) is 0 Å². The highest BCUT2D eigenvalue weighted by Crippen LogP contribution is 2.60. The fraction of sp³-hybridized carbons (Fsp3) is 0.933. The van der Waals surface area contributed by atoms with Crippen molar-refractivity contribution < 1.29 is 4.79 Å². The molecule has 19 heavy (non-hydrogen) atoms. The third-order valence-corrected chi connectivity index (χ3v) is 5.88. The molecule has 1 N–H and O–H groups in total. The summed E-state index contributed by atoms with van der Waals surface area (Å²) in [4.78, 5) is 14.1. The van der Waals surface area contributed by atoms with Gasteiger partial charge in [0.25, 0.3) is 0 Å². The topological polar surface area (TPSA) is 32.3 Å². The number of carbonyl (C=O) groups excluding carboxylic acids is 1. The van der Waals surface area contributed by atoms with E-state index in [1.54, 1.807) is 0 Å². The van der Waals surface area contributed by atoms with Gasteiger partial charge >= 0.3 is 0 Å². The van der Waals surface area contributed by atoms with E-state index in [9.17, 15) is 4.79 Å². The van der Waals surface area contributed by atoms with Gasteiger partial charge in [0.15, 0.2) is 0 Å². The number of nitrogens with zero attached hydrogens (tertiary/aromatic N) is 1. The lowest BCUT2D eigenvalue weighted by molar-refractivity contribution is -0.138. The molecule has 5 fully saturated rings. The second-order valence-corrected chi connectivity index (χ2v) is 7.41. The monoisotopic (exact) mass is 284 g/mol. The molecule has 1 saturated heterocycles. The Kier molecular flexibility index (Phi) is 3.55. The molecule has 0 spiro atoms. The van der Waals surface area contributed by atoms with Gasteiger partial charge in [0.05, 0.1) is 6.54 Å². The molecular weight excluding hydrogens is 260 g/mol. The molecule has 5 aliphatic rings. The fourth-order valence-corrected chi connectivity index (χ4v) is 5.70. The second-order valence-electron chi connectivity index (χ2n) is 7.41. The van der Waals surface area contributed by atoms with Gasteiger partial charge in [0.2, 0.25) is 5.91 Å². The highest BCUT2D eigenvalue weighted by atomic mass is 35.5. The first-order valence-corrected chi connectivity index (χ1v) is 7.71. The van der Waals surface area contributed by atoms with Crippen LogP contribution < -0.4 is 5.32 Å².